The molecule has 118 valence electrons. The van der Waals surface area contributed by atoms with Crippen molar-refractivity contribution in [2.24, 2.45) is 0 Å². The zero-order valence-electron chi connectivity index (χ0n) is 11.7. The second kappa shape index (κ2) is 6.62. The number of amides is 1. The molecular formula is C15H11Cl2N3O2S. The van der Waals surface area contributed by atoms with Gasteiger partial charge in [-0.1, -0.05) is 34.5 Å². The average Bonchev–Trinajstić information content (AvgIpc) is 2.85. The topological polar surface area (TPSA) is 77.2 Å². The summed E-state index contributed by atoms with van der Waals surface area (Å²) in [5.41, 5.74) is 7.11. The molecule has 3 N–H and O–H groups in total. The fraction of sp³-hybridized carbons (Fsp3) is 0.0667. The van der Waals surface area contributed by atoms with E-state index in [-0.39, 0.29) is 12.5 Å². The number of rotatable bonds is 4. The second-order valence-electron chi connectivity index (χ2n) is 4.65. The summed E-state index contributed by atoms with van der Waals surface area (Å²) in [6.07, 6.45) is 0. The van der Waals surface area contributed by atoms with Crippen LogP contribution >= 0.6 is 34.5 Å². The maximum Gasteiger partial charge on any atom is 0.262 e. The Labute approximate surface area is 146 Å². The van der Waals surface area contributed by atoms with E-state index in [9.17, 15) is 4.79 Å². The number of nitrogens with zero attached hydrogens (tertiary/aromatic N) is 1. The van der Waals surface area contributed by atoms with Crippen LogP contribution in [0.3, 0.4) is 0 Å². The molecule has 1 aromatic heterocycles. The standard InChI is InChI=1S/C15H11Cl2N3O2S/c16-8-1-4-12(10(17)5-8)22-7-14(21)19-9-2-3-11-13(6-9)23-15(18)20-11/h1-6H,7H2,(H2,18,20)(H,19,21). The monoisotopic (exact) mass is 367 g/mol. The first-order valence-corrected chi connectivity index (χ1v) is 8.12. The number of ether oxygens (including phenoxy) is 1. The van der Waals surface area contributed by atoms with Crippen molar-refractivity contribution in [3.05, 3.63) is 46.4 Å². The van der Waals surface area contributed by atoms with Crippen LogP contribution in [0.5, 0.6) is 5.75 Å². The largest absolute Gasteiger partial charge is 0.482 e. The van der Waals surface area contributed by atoms with E-state index in [0.29, 0.717) is 26.6 Å². The number of hydrogen-bond donors (Lipinski definition) is 2. The highest BCUT2D eigenvalue weighted by molar-refractivity contribution is 7.22. The van der Waals surface area contributed by atoms with E-state index < -0.39 is 0 Å². The number of halogens is 2. The van der Waals surface area contributed by atoms with Crippen LogP contribution in [0.25, 0.3) is 10.2 Å². The molecule has 0 saturated carbocycles. The van der Waals surface area contributed by atoms with Crippen molar-refractivity contribution in [2.45, 2.75) is 0 Å². The molecule has 23 heavy (non-hydrogen) atoms. The van der Waals surface area contributed by atoms with Crippen LogP contribution in [-0.2, 0) is 4.79 Å². The average molecular weight is 368 g/mol. The summed E-state index contributed by atoms with van der Waals surface area (Å²) >= 11 is 13.1. The fourth-order valence-electron chi connectivity index (χ4n) is 1.95. The minimum absolute atomic E-state index is 0.162. The molecule has 1 heterocycles. The summed E-state index contributed by atoms with van der Waals surface area (Å²) in [5, 5.41) is 4.10. The van der Waals surface area contributed by atoms with Crippen molar-refractivity contribution in [3.63, 3.8) is 0 Å². The Kier molecular flexibility index (Phi) is 4.56. The number of carbonyl (C=O) groups is 1. The van der Waals surface area contributed by atoms with Crippen molar-refractivity contribution in [1.29, 1.82) is 0 Å². The maximum absolute atomic E-state index is 12.0. The van der Waals surface area contributed by atoms with Crippen molar-refractivity contribution < 1.29 is 9.53 Å². The number of hydrogen-bond acceptors (Lipinski definition) is 5. The molecule has 0 aliphatic rings. The normalized spacial score (nSPS) is 10.7. The van der Waals surface area contributed by atoms with Gasteiger partial charge in [-0.2, -0.15) is 0 Å². The van der Waals surface area contributed by atoms with Gasteiger partial charge in [0.05, 0.1) is 15.2 Å². The van der Waals surface area contributed by atoms with Crippen LogP contribution in [0.15, 0.2) is 36.4 Å². The quantitative estimate of drug-likeness (QED) is 0.724. The minimum Gasteiger partial charge on any atom is -0.482 e. The Hall–Kier alpha value is -2.02. The number of benzene rings is 2. The summed E-state index contributed by atoms with van der Waals surface area (Å²) in [4.78, 5) is 16.1. The number of carbonyl (C=O) groups excluding carboxylic acids is 1. The highest BCUT2D eigenvalue weighted by Gasteiger charge is 2.08. The van der Waals surface area contributed by atoms with Gasteiger partial charge in [0.25, 0.3) is 5.91 Å². The van der Waals surface area contributed by atoms with Crippen molar-refractivity contribution >= 4 is 61.5 Å². The number of nitrogen functional groups attached to an aromatic ring is 1. The molecular weight excluding hydrogens is 357 g/mol. The van der Waals surface area contributed by atoms with Gasteiger partial charge in [0.1, 0.15) is 5.75 Å². The minimum atomic E-state index is -0.298. The predicted molar refractivity (Wildman–Crippen MR) is 94.6 cm³/mol. The summed E-state index contributed by atoms with van der Waals surface area (Å²) in [6, 6.07) is 10.2. The highest BCUT2D eigenvalue weighted by atomic mass is 35.5. The first-order chi connectivity index (χ1) is 11.0. The van der Waals surface area contributed by atoms with E-state index in [4.69, 9.17) is 33.7 Å². The fourth-order valence-corrected chi connectivity index (χ4v) is 3.19. The second-order valence-corrected chi connectivity index (χ2v) is 6.55. The Morgan fingerprint density at radius 2 is 2.09 bits per heavy atom. The van der Waals surface area contributed by atoms with E-state index >= 15 is 0 Å². The molecule has 8 heteroatoms. The Morgan fingerprint density at radius 3 is 2.87 bits per heavy atom. The van der Waals surface area contributed by atoms with Crippen LogP contribution in [0.2, 0.25) is 10.0 Å². The van der Waals surface area contributed by atoms with Gasteiger partial charge in [0.15, 0.2) is 11.7 Å². The lowest BCUT2D eigenvalue weighted by atomic mass is 10.3. The van der Waals surface area contributed by atoms with Gasteiger partial charge in [0.2, 0.25) is 0 Å². The Balaban J connectivity index is 1.63. The molecule has 0 unspecified atom stereocenters. The zero-order chi connectivity index (χ0) is 16.4. The van der Waals surface area contributed by atoms with E-state index in [1.807, 2.05) is 6.07 Å². The molecule has 5 nitrogen and oxygen atoms in total. The molecule has 2 aromatic carbocycles. The van der Waals surface area contributed by atoms with Gasteiger partial charge in [0, 0.05) is 10.7 Å². The number of nitrogens with one attached hydrogen (secondary N) is 1. The summed E-state index contributed by atoms with van der Waals surface area (Å²) < 4.78 is 6.29. The SMILES string of the molecule is Nc1nc2ccc(NC(=O)COc3ccc(Cl)cc3Cl)cc2s1. The van der Waals surface area contributed by atoms with E-state index in [1.165, 1.54) is 11.3 Å². The molecule has 0 fully saturated rings. The molecule has 1 amide bonds. The van der Waals surface area contributed by atoms with Crippen molar-refractivity contribution in [3.8, 4) is 5.75 Å². The molecule has 0 spiro atoms. The number of fused-ring (bicyclic) bond motifs is 1. The van der Waals surface area contributed by atoms with Gasteiger partial charge < -0.3 is 15.8 Å². The Morgan fingerprint density at radius 1 is 1.26 bits per heavy atom. The number of aromatic nitrogens is 1. The molecule has 0 aliphatic heterocycles. The van der Waals surface area contributed by atoms with Gasteiger partial charge in [-0.25, -0.2) is 4.98 Å². The van der Waals surface area contributed by atoms with Crippen LogP contribution < -0.4 is 15.8 Å². The number of anilines is 2. The van der Waals surface area contributed by atoms with Crippen LogP contribution in [-0.4, -0.2) is 17.5 Å². The third-order valence-electron chi connectivity index (χ3n) is 2.94. The maximum atomic E-state index is 12.0. The highest BCUT2D eigenvalue weighted by Crippen LogP contribution is 2.28. The molecule has 0 radical (unpaired) electrons. The van der Waals surface area contributed by atoms with E-state index in [2.05, 4.69) is 10.3 Å². The first kappa shape index (κ1) is 15.9. The lowest BCUT2D eigenvalue weighted by Gasteiger charge is -2.09. The predicted octanol–water partition coefficient (Wildman–Crippen LogP) is 4.20. The summed E-state index contributed by atoms with van der Waals surface area (Å²) in [5.74, 6) is 0.102. The lowest BCUT2D eigenvalue weighted by Crippen LogP contribution is -2.20. The lowest BCUT2D eigenvalue weighted by molar-refractivity contribution is -0.118. The molecule has 0 aliphatic carbocycles. The molecule has 0 saturated heterocycles. The van der Waals surface area contributed by atoms with Crippen LogP contribution in [0.1, 0.15) is 0 Å². The van der Waals surface area contributed by atoms with Gasteiger partial charge in [-0.3, -0.25) is 4.79 Å². The number of nitrogens with two attached hydrogens (primary N) is 1. The van der Waals surface area contributed by atoms with Crippen molar-refractivity contribution in [2.75, 3.05) is 17.7 Å². The van der Waals surface area contributed by atoms with Gasteiger partial charge in [-0.05, 0) is 36.4 Å². The summed E-state index contributed by atoms with van der Waals surface area (Å²) in [7, 11) is 0. The summed E-state index contributed by atoms with van der Waals surface area (Å²) in [6.45, 7) is -0.162. The smallest absolute Gasteiger partial charge is 0.262 e. The molecule has 3 rings (SSSR count). The Bertz CT molecular complexity index is 882. The van der Waals surface area contributed by atoms with Crippen LogP contribution in [0, 0.1) is 0 Å². The van der Waals surface area contributed by atoms with Crippen molar-refractivity contribution in [1.82, 2.24) is 4.98 Å². The molecule has 0 atom stereocenters. The zero-order valence-corrected chi connectivity index (χ0v) is 14.0. The first-order valence-electron chi connectivity index (χ1n) is 6.55. The molecule has 0 bridgehead atoms. The van der Waals surface area contributed by atoms with Gasteiger partial charge in [-0.15, -0.1) is 0 Å². The van der Waals surface area contributed by atoms with Crippen LogP contribution in [0.4, 0.5) is 10.8 Å². The molecule has 3 aromatic rings. The number of thiazole rings is 1. The van der Waals surface area contributed by atoms with E-state index in [1.54, 1.807) is 30.3 Å². The van der Waals surface area contributed by atoms with E-state index in [0.717, 1.165) is 10.2 Å². The van der Waals surface area contributed by atoms with Gasteiger partial charge >= 0.3 is 0 Å². The third-order valence-corrected chi connectivity index (χ3v) is 4.32. The third kappa shape index (κ3) is 3.85.